The van der Waals surface area contributed by atoms with Crippen molar-refractivity contribution in [2.75, 3.05) is 12.4 Å². The molecule has 5 heteroatoms. The maximum atomic E-state index is 11.4. The van der Waals surface area contributed by atoms with Gasteiger partial charge in [0.05, 0.1) is 5.56 Å². The second kappa shape index (κ2) is 9.20. The Bertz CT molecular complexity index is 936. The fourth-order valence-corrected chi connectivity index (χ4v) is 2.50. The van der Waals surface area contributed by atoms with Crippen LogP contribution in [0, 0.1) is 0 Å². The molecule has 27 heavy (non-hydrogen) atoms. The van der Waals surface area contributed by atoms with Crippen LogP contribution in [0.25, 0.3) is 11.1 Å². The Labute approximate surface area is 157 Å². The van der Waals surface area contributed by atoms with Gasteiger partial charge in [0.2, 0.25) is 0 Å². The first-order valence-corrected chi connectivity index (χ1v) is 8.31. The summed E-state index contributed by atoms with van der Waals surface area (Å²) >= 11 is 0. The SMILES string of the molecule is CNc1cc(-c2ccccc2)ccc1C(C)=O.O=Cc1ccc(O)cc1O. The predicted octanol–water partition coefficient (Wildman–Crippen LogP) is 4.51. The number of anilines is 1. The molecule has 3 aromatic carbocycles. The maximum Gasteiger partial charge on any atom is 0.161 e. The first kappa shape index (κ1) is 19.7. The van der Waals surface area contributed by atoms with Gasteiger partial charge in [0.25, 0.3) is 0 Å². The molecule has 138 valence electrons. The van der Waals surface area contributed by atoms with Crippen LogP contribution in [0.4, 0.5) is 5.69 Å². The average molecular weight is 363 g/mol. The van der Waals surface area contributed by atoms with Gasteiger partial charge in [0, 0.05) is 24.4 Å². The number of rotatable bonds is 4. The molecule has 0 bridgehead atoms. The van der Waals surface area contributed by atoms with E-state index in [1.165, 1.54) is 12.1 Å². The van der Waals surface area contributed by atoms with Crippen molar-refractivity contribution in [1.29, 1.82) is 0 Å². The van der Waals surface area contributed by atoms with Gasteiger partial charge in [0.15, 0.2) is 12.1 Å². The zero-order valence-corrected chi connectivity index (χ0v) is 15.1. The fraction of sp³-hybridized carbons (Fsp3) is 0.0909. The summed E-state index contributed by atoms with van der Waals surface area (Å²) in [7, 11) is 1.83. The van der Waals surface area contributed by atoms with Crippen LogP contribution in [0.1, 0.15) is 27.6 Å². The highest BCUT2D eigenvalue weighted by molar-refractivity contribution is 6.00. The second-order valence-corrected chi connectivity index (χ2v) is 5.79. The molecule has 0 spiro atoms. The molecule has 0 aromatic heterocycles. The fourth-order valence-electron chi connectivity index (χ4n) is 2.50. The van der Waals surface area contributed by atoms with Crippen LogP contribution in [0.5, 0.6) is 11.5 Å². The smallest absolute Gasteiger partial charge is 0.161 e. The van der Waals surface area contributed by atoms with Gasteiger partial charge in [0.1, 0.15) is 11.5 Å². The van der Waals surface area contributed by atoms with Crippen molar-refractivity contribution in [3.63, 3.8) is 0 Å². The van der Waals surface area contributed by atoms with Crippen molar-refractivity contribution in [2.24, 2.45) is 0 Å². The van der Waals surface area contributed by atoms with Crippen molar-refractivity contribution in [1.82, 2.24) is 0 Å². The van der Waals surface area contributed by atoms with Gasteiger partial charge < -0.3 is 15.5 Å². The lowest BCUT2D eigenvalue weighted by Crippen LogP contribution is -2.00. The number of ketones is 1. The third-order valence-corrected chi connectivity index (χ3v) is 3.92. The molecule has 0 saturated heterocycles. The Morgan fingerprint density at radius 3 is 2.19 bits per heavy atom. The summed E-state index contributed by atoms with van der Waals surface area (Å²) in [4.78, 5) is 21.5. The van der Waals surface area contributed by atoms with E-state index in [4.69, 9.17) is 10.2 Å². The topological polar surface area (TPSA) is 86.6 Å². The molecule has 0 aliphatic heterocycles. The van der Waals surface area contributed by atoms with Crippen LogP contribution in [-0.4, -0.2) is 29.3 Å². The zero-order chi connectivity index (χ0) is 19.8. The molecular formula is C22H21NO4. The lowest BCUT2D eigenvalue weighted by Gasteiger charge is -2.09. The van der Waals surface area contributed by atoms with Gasteiger partial charge >= 0.3 is 0 Å². The number of phenols is 2. The standard InChI is InChI=1S/C15H15NO.C7H6O3/c1-11(17)14-9-8-13(10-15(14)16-2)12-6-4-3-5-7-12;8-4-5-1-2-6(9)3-7(5)10/h3-10,16H,1-2H3;1-4,9-10H. The largest absolute Gasteiger partial charge is 0.508 e. The number of carbonyl (C=O) groups excluding carboxylic acids is 2. The van der Waals surface area contributed by atoms with Crippen LogP contribution in [0.15, 0.2) is 66.7 Å². The molecule has 0 heterocycles. The van der Waals surface area contributed by atoms with Gasteiger partial charge in [-0.25, -0.2) is 0 Å². The molecule has 5 nitrogen and oxygen atoms in total. The lowest BCUT2D eigenvalue weighted by molar-refractivity contribution is 0.101. The molecule has 3 rings (SSSR count). The van der Waals surface area contributed by atoms with Crippen LogP contribution >= 0.6 is 0 Å². The van der Waals surface area contributed by atoms with E-state index in [1.807, 2.05) is 43.4 Å². The molecule has 0 atom stereocenters. The molecule has 0 saturated carbocycles. The van der Waals surface area contributed by atoms with Crippen LogP contribution in [0.2, 0.25) is 0 Å². The third-order valence-electron chi connectivity index (χ3n) is 3.92. The highest BCUT2D eigenvalue weighted by Crippen LogP contribution is 2.25. The summed E-state index contributed by atoms with van der Waals surface area (Å²) in [6.45, 7) is 1.58. The summed E-state index contributed by atoms with van der Waals surface area (Å²) in [6, 6.07) is 19.8. The quantitative estimate of drug-likeness (QED) is 0.469. The Morgan fingerprint density at radius 1 is 0.926 bits per heavy atom. The molecule has 0 radical (unpaired) electrons. The van der Waals surface area contributed by atoms with Crippen molar-refractivity contribution in [3.05, 3.63) is 77.9 Å². The number of hydrogen-bond acceptors (Lipinski definition) is 5. The molecule has 0 fully saturated rings. The van der Waals surface area contributed by atoms with Crippen molar-refractivity contribution < 1.29 is 19.8 Å². The first-order chi connectivity index (χ1) is 13.0. The number of aldehydes is 1. The van der Waals surface area contributed by atoms with Crippen LogP contribution in [0.3, 0.4) is 0 Å². The van der Waals surface area contributed by atoms with Crippen molar-refractivity contribution >= 4 is 17.8 Å². The van der Waals surface area contributed by atoms with E-state index in [2.05, 4.69) is 17.4 Å². The minimum Gasteiger partial charge on any atom is -0.508 e. The predicted molar refractivity (Wildman–Crippen MR) is 107 cm³/mol. The minimum absolute atomic E-state index is 0.0527. The lowest BCUT2D eigenvalue weighted by atomic mass is 10.0. The van der Waals surface area contributed by atoms with E-state index in [-0.39, 0.29) is 22.8 Å². The molecule has 0 amide bonds. The maximum absolute atomic E-state index is 11.4. The second-order valence-electron chi connectivity index (χ2n) is 5.79. The number of hydrogen-bond donors (Lipinski definition) is 3. The number of Topliss-reactive ketones (excluding diaryl/α,β-unsaturated/α-hetero) is 1. The highest BCUT2D eigenvalue weighted by Gasteiger charge is 2.07. The van der Waals surface area contributed by atoms with E-state index in [1.54, 1.807) is 6.92 Å². The van der Waals surface area contributed by atoms with Gasteiger partial charge in [-0.1, -0.05) is 36.4 Å². The van der Waals surface area contributed by atoms with Gasteiger partial charge in [-0.05, 0) is 42.3 Å². The molecule has 3 aromatic rings. The summed E-state index contributed by atoms with van der Waals surface area (Å²) < 4.78 is 0. The molecule has 0 aliphatic carbocycles. The molecule has 3 N–H and O–H groups in total. The number of aromatic hydroxyl groups is 2. The first-order valence-electron chi connectivity index (χ1n) is 8.31. The zero-order valence-electron chi connectivity index (χ0n) is 15.1. The van der Waals surface area contributed by atoms with E-state index < -0.39 is 0 Å². The Morgan fingerprint density at radius 2 is 1.63 bits per heavy atom. The Hall–Kier alpha value is -3.60. The minimum atomic E-state index is -0.199. The van der Waals surface area contributed by atoms with Gasteiger partial charge in [-0.3, -0.25) is 9.59 Å². The van der Waals surface area contributed by atoms with Crippen molar-refractivity contribution in [2.45, 2.75) is 6.92 Å². The summed E-state index contributed by atoms with van der Waals surface area (Å²) in [5.41, 5.74) is 4.04. The van der Waals surface area contributed by atoms with E-state index >= 15 is 0 Å². The number of nitrogens with one attached hydrogen (secondary N) is 1. The highest BCUT2D eigenvalue weighted by atomic mass is 16.3. The summed E-state index contributed by atoms with van der Waals surface area (Å²) in [5, 5.41) is 20.7. The van der Waals surface area contributed by atoms with Gasteiger partial charge in [-0.15, -0.1) is 0 Å². The van der Waals surface area contributed by atoms with Gasteiger partial charge in [-0.2, -0.15) is 0 Å². The molecular weight excluding hydrogens is 342 g/mol. The normalized spacial score (nSPS) is 9.70. The van der Waals surface area contributed by atoms with E-state index in [0.29, 0.717) is 6.29 Å². The molecule has 0 unspecified atom stereocenters. The summed E-state index contributed by atoms with van der Waals surface area (Å²) in [5.74, 6) is -0.174. The molecule has 0 aliphatic rings. The third kappa shape index (κ3) is 5.19. The van der Waals surface area contributed by atoms with Crippen LogP contribution < -0.4 is 5.32 Å². The summed E-state index contributed by atoms with van der Waals surface area (Å²) in [6.07, 6.45) is 0.523. The number of carbonyl (C=O) groups is 2. The van der Waals surface area contributed by atoms with E-state index in [9.17, 15) is 9.59 Å². The number of phenolic OH excluding ortho intramolecular Hbond substituents is 2. The Balaban J connectivity index is 0.000000223. The van der Waals surface area contributed by atoms with Crippen LogP contribution in [-0.2, 0) is 0 Å². The monoisotopic (exact) mass is 363 g/mol. The van der Waals surface area contributed by atoms with Crippen molar-refractivity contribution in [3.8, 4) is 22.6 Å². The average Bonchev–Trinajstić information content (AvgIpc) is 2.68. The number of benzene rings is 3. The Kier molecular flexibility index (Phi) is 6.72. The van der Waals surface area contributed by atoms with E-state index in [0.717, 1.165) is 28.4 Å².